The molecular weight excluding hydrogens is 158 g/mol. The van der Waals surface area contributed by atoms with E-state index < -0.39 is 6.10 Å². The molecule has 0 spiro atoms. The van der Waals surface area contributed by atoms with Crippen LogP contribution in [0, 0.1) is 13.8 Å². The number of aliphatic hydroxyl groups excluding tert-OH is 1. The van der Waals surface area contributed by atoms with Gasteiger partial charge in [-0.25, -0.2) is 4.98 Å². The minimum Gasteiger partial charge on any atom is -0.427 e. The third-order valence-electron chi connectivity index (χ3n) is 1.77. The lowest BCUT2D eigenvalue weighted by molar-refractivity contribution is 0.116. The van der Waals surface area contributed by atoms with Crippen molar-refractivity contribution in [2.75, 3.05) is 6.54 Å². The van der Waals surface area contributed by atoms with Gasteiger partial charge in [-0.3, -0.25) is 0 Å². The van der Waals surface area contributed by atoms with Crippen LogP contribution >= 0.6 is 0 Å². The summed E-state index contributed by atoms with van der Waals surface area (Å²) in [7, 11) is 0. The summed E-state index contributed by atoms with van der Waals surface area (Å²) in [5, 5.41) is 18.7. The van der Waals surface area contributed by atoms with Crippen molar-refractivity contribution in [2.45, 2.75) is 20.0 Å². The van der Waals surface area contributed by atoms with Crippen molar-refractivity contribution in [3.05, 3.63) is 17.2 Å². The largest absolute Gasteiger partial charge is 0.427 e. The molecule has 68 valence electrons. The van der Waals surface area contributed by atoms with E-state index in [0.717, 1.165) is 4.73 Å². The highest BCUT2D eigenvalue weighted by Gasteiger charge is 2.17. The minimum absolute atomic E-state index is 0.0759. The van der Waals surface area contributed by atoms with Gasteiger partial charge in [0.2, 0.25) is 0 Å². The molecule has 0 saturated carbocycles. The second-order valence-corrected chi connectivity index (χ2v) is 2.69. The number of nitrogens with two attached hydrogens (primary N) is 1. The molecule has 0 aromatic carbocycles. The Morgan fingerprint density at radius 3 is 2.50 bits per heavy atom. The van der Waals surface area contributed by atoms with Crippen LogP contribution in [-0.4, -0.2) is 26.6 Å². The Balaban J connectivity index is 3.13. The highest BCUT2D eigenvalue weighted by Crippen LogP contribution is 2.16. The molecule has 5 heteroatoms. The number of aliphatic hydroxyl groups is 1. The molecule has 1 aromatic heterocycles. The maximum atomic E-state index is 9.36. The van der Waals surface area contributed by atoms with Crippen LogP contribution in [0.5, 0.6) is 0 Å². The van der Waals surface area contributed by atoms with Gasteiger partial charge >= 0.3 is 0 Å². The van der Waals surface area contributed by atoms with Crippen LogP contribution in [0.15, 0.2) is 0 Å². The number of hydrogen-bond donors (Lipinski definition) is 3. The predicted octanol–water partition coefficient (Wildman–Crippen LogP) is -0.271. The molecule has 1 atom stereocenters. The van der Waals surface area contributed by atoms with E-state index in [1.165, 1.54) is 0 Å². The number of nitrogens with zero attached hydrogens (tertiary/aromatic N) is 2. The lowest BCUT2D eigenvalue weighted by Crippen LogP contribution is -2.16. The standard InChI is InChI=1S/C7H13N3O2/c1-4-7(6(11)3-8)10(12)5(2)9-4/h6,11-12H,3,8H2,1-2H3. The van der Waals surface area contributed by atoms with Crippen LogP contribution in [0.3, 0.4) is 0 Å². The van der Waals surface area contributed by atoms with Gasteiger partial charge in [0.1, 0.15) is 17.6 Å². The van der Waals surface area contributed by atoms with E-state index in [1.807, 2.05) is 0 Å². The summed E-state index contributed by atoms with van der Waals surface area (Å²) in [6.45, 7) is 3.44. The Morgan fingerprint density at radius 2 is 2.17 bits per heavy atom. The number of aromatic nitrogens is 2. The topological polar surface area (TPSA) is 84.3 Å². The molecule has 0 aliphatic rings. The smallest absolute Gasteiger partial charge is 0.142 e. The maximum absolute atomic E-state index is 9.36. The van der Waals surface area contributed by atoms with Crippen molar-refractivity contribution in [1.82, 2.24) is 9.71 Å². The molecule has 0 radical (unpaired) electrons. The fourth-order valence-corrected chi connectivity index (χ4v) is 1.17. The fourth-order valence-electron chi connectivity index (χ4n) is 1.17. The third-order valence-corrected chi connectivity index (χ3v) is 1.77. The van der Waals surface area contributed by atoms with Gasteiger partial charge in [-0.05, 0) is 13.8 Å². The van der Waals surface area contributed by atoms with Crippen molar-refractivity contribution in [3.63, 3.8) is 0 Å². The molecule has 5 nitrogen and oxygen atoms in total. The van der Waals surface area contributed by atoms with Crippen LogP contribution in [0.4, 0.5) is 0 Å². The summed E-state index contributed by atoms with van der Waals surface area (Å²) >= 11 is 0. The van der Waals surface area contributed by atoms with E-state index in [1.54, 1.807) is 13.8 Å². The molecule has 0 amide bonds. The number of rotatable bonds is 2. The third kappa shape index (κ3) is 1.28. The highest BCUT2D eigenvalue weighted by molar-refractivity contribution is 5.16. The van der Waals surface area contributed by atoms with E-state index >= 15 is 0 Å². The van der Waals surface area contributed by atoms with Crippen LogP contribution in [0.1, 0.15) is 23.3 Å². The van der Waals surface area contributed by atoms with E-state index in [-0.39, 0.29) is 6.54 Å². The van der Waals surface area contributed by atoms with Gasteiger partial charge in [0.25, 0.3) is 0 Å². The molecule has 1 aromatic rings. The molecule has 0 saturated heterocycles. The zero-order valence-corrected chi connectivity index (χ0v) is 7.15. The van der Waals surface area contributed by atoms with Gasteiger partial charge in [-0.1, -0.05) is 0 Å². The number of aryl methyl sites for hydroxylation is 2. The van der Waals surface area contributed by atoms with Crippen LogP contribution in [0.25, 0.3) is 0 Å². The van der Waals surface area contributed by atoms with Gasteiger partial charge < -0.3 is 16.0 Å². The van der Waals surface area contributed by atoms with Crippen molar-refractivity contribution in [1.29, 1.82) is 0 Å². The molecule has 0 aliphatic heterocycles. The highest BCUT2D eigenvalue weighted by atomic mass is 16.5. The molecule has 0 aliphatic carbocycles. The van der Waals surface area contributed by atoms with Crippen molar-refractivity contribution >= 4 is 0 Å². The zero-order valence-electron chi connectivity index (χ0n) is 7.15. The van der Waals surface area contributed by atoms with E-state index in [9.17, 15) is 10.3 Å². The fraction of sp³-hybridized carbons (Fsp3) is 0.571. The van der Waals surface area contributed by atoms with Crippen molar-refractivity contribution in [2.24, 2.45) is 5.73 Å². The lowest BCUT2D eigenvalue weighted by atomic mass is 10.2. The van der Waals surface area contributed by atoms with E-state index in [0.29, 0.717) is 17.2 Å². The second kappa shape index (κ2) is 3.12. The van der Waals surface area contributed by atoms with Crippen molar-refractivity contribution < 1.29 is 10.3 Å². The lowest BCUT2D eigenvalue weighted by Gasteiger charge is -2.08. The Kier molecular flexibility index (Phi) is 2.35. The molecular formula is C7H13N3O2. The molecule has 4 N–H and O–H groups in total. The summed E-state index contributed by atoms with van der Waals surface area (Å²) < 4.78 is 0.868. The monoisotopic (exact) mass is 171 g/mol. The zero-order chi connectivity index (χ0) is 9.30. The minimum atomic E-state index is -0.851. The van der Waals surface area contributed by atoms with Gasteiger partial charge in [0.05, 0.1) is 5.69 Å². The number of hydrogen-bond acceptors (Lipinski definition) is 4. The summed E-state index contributed by atoms with van der Waals surface area (Å²) in [6, 6.07) is 0. The first-order chi connectivity index (χ1) is 5.57. The van der Waals surface area contributed by atoms with Gasteiger partial charge in [-0.15, -0.1) is 0 Å². The van der Waals surface area contributed by atoms with E-state index in [2.05, 4.69) is 4.98 Å². The van der Waals surface area contributed by atoms with Crippen molar-refractivity contribution in [3.8, 4) is 0 Å². The molecule has 0 fully saturated rings. The molecule has 1 heterocycles. The molecule has 12 heavy (non-hydrogen) atoms. The molecule has 0 bridgehead atoms. The van der Waals surface area contributed by atoms with Crippen LogP contribution in [-0.2, 0) is 0 Å². The summed E-state index contributed by atoms with van der Waals surface area (Å²) in [5.41, 5.74) is 6.22. The Morgan fingerprint density at radius 1 is 1.58 bits per heavy atom. The average Bonchev–Trinajstić information content (AvgIpc) is 2.26. The van der Waals surface area contributed by atoms with Crippen LogP contribution < -0.4 is 5.73 Å². The molecule has 1 rings (SSSR count). The van der Waals surface area contributed by atoms with Gasteiger partial charge in [0, 0.05) is 6.54 Å². The average molecular weight is 171 g/mol. The maximum Gasteiger partial charge on any atom is 0.142 e. The first-order valence-corrected chi connectivity index (χ1v) is 3.71. The quantitative estimate of drug-likeness (QED) is 0.535. The van der Waals surface area contributed by atoms with Gasteiger partial charge in [-0.2, -0.15) is 4.73 Å². The summed E-state index contributed by atoms with van der Waals surface area (Å²) in [4.78, 5) is 3.98. The summed E-state index contributed by atoms with van der Waals surface area (Å²) in [5.74, 6) is 0.454. The molecule has 1 unspecified atom stereocenters. The summed E-state index contributed by atoms with van der Waals surface area (Å²) in [6.07, 6.45) is -0.851. The Hall–Kier alpha value is -1.07. The number of imidazole rings is 1. The first-order valence-electron chi connectivity index (χ1n) is 3.71. The normalized spacial score (nSPS) is 13.3. The SMILES string of the molecule is Cc1nc(C)n(O)c1C(O)CN. The predicted molar refractivity (Wildman–Crippen MR) is 42.9 cm³/mol. The van der Waals surface area contributed by atoms with Crippen LogP contribution in [0.2, 0.25) is 0 Å². The first kappa shape index (κ1) is 9.02. The second-order valence-electron chi connectivity index (χ2n) is 2.69. The van der Waals surface area contributed by atoms with Gasteiger partial charge in [0.15, 0.2) is 0 Å². The Bertz CT molecular complexity index is 282. The van der Waals surface area contributed by atoms with E-state index in [4.69, 9.17) is 5.73 Å². The Labute approximate surface area is 70.4 Å².